The van der Waals surface area contributed by atoms with Crippen molar-refractivity contribution in [1.29, 1.82) is 0 Å². The fourth-order valence-corrected chi connectivity index (χ4v) is 1.35. The molecule has 0 aliphatic carbocycles. The number of hydrogen-bond acceptors (Lipinski definition) is 6. The zero-order chi connectivity index (χ0) is 13.0. The largest absolute Gasteiger partial charge is 0.497 e. The third-order valence-corrected chi connectivity index (χ3v) is 2.13. The van der Waals surface area contributed by atoms with Gasteiger partial charge in [0.25, 0.3) is 5.91 Å². The molecule has 0 aliphatic rings. The minimum atomic E-state index is -0.381. The summed E-state index contributed by atoms with van der Waals surface area (Å²) < 4.78 is 5.03. The Kier molecular flexibility index (Phi) is 3.33. The van der Waals surface area contributed by atoms with Gasteiger partial charge in [0.2, 0.25) is 5.95 Å². The zero-order valence-corrected chi connectivity index (χ0v) is 9.62. The Morgan fingerprint density at radius 3 is 2.83 bits per heavy atom. The highest BCUT2D eigenvalue weighted by Crippen LogP contribution is 2.18. The first-order valence-electron chi connectivity index (χ1n) is 5.08. The highest BCUT2D eigenvalue weighted by Gasteiger charge is 2.10. The number of carbonyl (C=O) groups is 1. The maximum atomic E-state index is 11.9. The third kappa shape index (κ3) is 2.70. The molecule has 0 unspecified atom stereocenters. The van der Waals surface area contributed by atoms with E-state index in [9.17, 15) is 4.79 Å². The molecule has 1 aromatic heterocycles. The predicted octanol–water partition coefficient (Wildman–Crippen LogP) is 0.715. The summed E-state index contributed by atoms with van der Waals surface area (Å²) in [6, 6.07) is 4.73. The van der Waals surface area contributed by atoms with Crippen LogP contribution in [0.4, 0.5) is 11.6 Å². The van der Waals surface area contributed by atoms with E-state index in [1.807, 2.05) is 0 Å². The quantitative estimate of drug-likeness (QED) is 0.772. The molecule has 2 rings (SSSR count). The van der Waals surface area contributed by atoms with Crippen molar-refractivity contribution in [2.45, 2.75) is 0 Å². The Morgan fingerprint density at radius 1 is 1.33 bits per heavy atom. The Balaban J connectivity index is 2.21. The van der Waals surface area contributed by atoms with Gasteiger partial charge in [-0.25, -0.2) is 4.98 Å². The Morgan fingerprint density at radius 2 is 2.17 bits per heavy atom. The van der Waals surface area contributed by atoms with Crippen LogP contribution in [0.3, 0.4) is 0 Å². The highest BCUT2D eigenvalue weighted by atomic mass is 16.5. The lowest BCUT2D eigenvalue weighted by Gasteiger charge is -2.06. The third-order valence-electron chi connectivity index (χ3n) is 2.13. The zero-order valence-electron chi connectivity index (χ0n) is 9.62. The molecule has 0 fully saturated rings. The Hall–Kier alpha value is -2.70. The van der Waals surface area contributed by atoms with Gasteiger partial charge in [-0.1, -0.05) is 0 Å². The number of benzene rings is 1. The molecule has 7 heteroatoms. The first-order chi connectivity index (χ1) is 8.69. The molecule has 3 N–H and O–H groups in total. The van der Waals surface area contributed by atoms with Crippen LogP contribution in [0.2, 0.25) is 0 Å². The van der Waals surface area contributed by atoms with Crippen LogP contribution < -0.4 is 15.8 Å². The summed E-state index contributed by atoms with van der Waals surface area (Å²) >= 11 is 0. The molecular weight excluding hydrogens is 234 g/mol. The van der Waals surface area contributed by atoms with Gasteiger partial charge in [0, 0.05) is 17.3 Å². The van der Waals surface area contributed by atoms with Crippen LogP contribution in [0.25, 0.3) is 0 Å². The van der Waals surface area contributed by atoms with Gasteiger partial charge in [-0.2, -0.15) is 5.10 Å². The van der Waals surface area contributed by atoms with E-state index in [4.69, 9.17) is 10.5 Å². The molecule has 18 heavy (non-hydrogen) atoms. The number of anilines is 2. The maximum absolute atomic E-state index is 11.9. The standard InChI is InChI=1S/C11H11N5O2/c1-18-9-5-7(4-8(12)6-9)10(17)15-11-13-2-3-14-16-11/h2-6H,12H2,1H3,(H,13,15,16,17). The molecule has 0 bridgehead atoms. The molecule has 92 valence electrons. The predicted molar refractivity (Wildman–Crippen MR) is 65.2 cm³/mol. The van der Waals surface area contributed by atoms with Crippen LogP contribution in [-0.2, 0) is 0 Å². The number of nitrogens with two attached hydrogens (primary N) is 1. The van der Waals surface area contributed by atoms with Crippen molar-refractivity contribution in [3.05, 3.63) is 36.2 Å². The molecular formula is C11H11N5O2. The van der Waals surface area contributed by atoms with Gasteiger partial charge in [-0.3, -0.25) is 10.1 Å². The molecule has 0 saturated carbocycles. The molecule has 0 spiro atoms. The first-order valence-corrected chi connectivity index (χ1v) is 5.08. The van der Waals surface area contributed by atoms with Gasteiger partial charge in [0.1, 0.15) is 5.75 Å². The number of methoxy groups -OCH3 is 1. The molecule has 0 aliphatic heterocycles. The molecule has 1 heterocycles. The number of nitrogen functional groups attached to an aromatic ring is 1. The number of carbonyl (C=O) groups excluding carboxylic acids is 1. The summed E-state index contributed by atoms with van der Waals surface area (Å²) in [6.45, 7) is 0. The monoisotopic (exact) mass is 245 g/mol. The number of aromatic nitrogens is 3. The first kappa shape index (κ1) is 11.8. The van der Waals surface area contributed by atoms with Crippen molar-refractivity contribution in [2.75, 3.05) is 18.2 Å². The van der Waals surface area contributed by atoms with Crippen LogP contribution in [0.5, 0.6) is 5.75 Å². The molecule has 0 radical (unpaired) electrons. The van der Waals surface area contributed by atoms with E-state index in [2.05, 4.69) is 20.5 Å². The van der Waals surface area contributed by atoms with Crippen molar-refractivity contribution >= 4 is 17.5 Å². The lowest BCUT2D eigenvalue weighted by atomic mass is 10.2. The van der Waals surface area contributed by atoms with E-state index >= 15 is 0 Å². The fourth-order valence-electron chi connectivity index (χ4n) is 1.35. The summed E-state index contributed by atoms with van der Waals surface area (Å²) in [6.07, 6.45) is 2.85. The Bertz CT molecular complexity index is 559. The highest BCUT2D eigenvalue weighted by molar-refractivity contribution is 6.04. The van der Waals surface area contributed by atoms with Crippen LogP contribution in [-0.4, -0.2) is 28.2 Å². The van der Waals surface area contributed by atoms with Gasteiger partial charge in [0.05, 0.1) is 19.5 Å². The van der Waals surface area contributed by atoms with Crippen LogP contribution in [0.1, 0.15) is 10.4 Å². The summed E-state index contributed by atoms with van der Waals surface area (Å²) in [5, 5.41) is 9.76. The summed E-state index contributed by atoms with van der Waals surface area (Å²) in [5.74, 6) is 0.254. The van der Waals surface area contributed by atoms with Crippen LogP contribution in [0, 0.1) is 0 Å². The van der Waals surface area contributed by atoms with Gasteiger partial charge in [0.15, 0.2) is 0 Å². The van der Waals surface area contributed by atoms with E-state index in [-0.39, 0.29) is 11.9 Å². The van der Waals surface area contributed by atoms with E-state index in [1.54, 1.807) is 12.1 Å². The van der Waals surface area contributed by atoms with Crippen molar-refractivity contribution in [3.8, 4) is 5.75 Å². The topological polar surface area (TPSA) is 103 Å². The second-order valence-corrected chi connectivity index (χ2v) is 3.42. The maximum Gasteiger partial charge on any atom is 0.258 e. The molecule has 2 aromatic rings. The van der Waals surface area contributed by atoms with E-state index in [1.165, 1.54) is 25.6 Å². The average Bonchev–Trinajstić information content (AvgIpc) is 2.39. The molecule has 0 saturated heterocycles. The second-order valence-electron chi connectivity index (χ2n) is 3.42. The molecule has 1 amide bonds. The van der Waals surface area contributed by atoms with Gasteiger partial charge in [-0.05, 0) is 12.1 Å². The van der Waals surface area contributed by atoms with Gasteiger partial charge in [-0.15, -0.1) is 5.10 Å². The number of rotatable bonds is 3. The number of hydrogen-bond donors (Lipinski definition) is 2. The minimum Gasteiger partial charge on any atom is -0.497 e. The lowest BCUT2D eigenvalue weighted by molar-refractivity contribution is 0.102. The molecule has 1 aromatic carbocycles. The van der Waals surface area contributed by atoms with E-state index < -0.39 is 0 Å². The summed E-state index contributed by atoms with van der Waals surface area (Å²) in [4.78, 5) is 15.7. The van der Waals surface area contributed by atoms with Crippen molar-refractivity contribution in [1.82, 2.24) is 15.2 Å². The van der Waals surface area contributed by atoms with Gasteiger partial charge < -0.3 is 10.5 Å². The van der Waals surface area contributed by atoms with Crippen molar-refractivity contribution < 1.29 is 9.53 Å². The number of amides is 1. The minimum absolute atomic E-state index is 0.129. The Labute approximate surface area is 103 Å². The second kappa shape index (κ2) is 5.09. The van der Waals surface area contributed by atoms with Gasteiger partial charge >= 0.3 is 0 Å². The molecule has 7 nitrogen and oxygen atoms in total. The lowest BCUT2D eigenvalue weighted by Crippen LogP contribution is -2.14. The average molecular weight is 245 g/mol. The van der Waals surface area contributed by atoms with E-state index in [0.29, 0.717) is 17.0 Å². The van der Waals surface area contributed by atoms with Crippen molar-refractivity contribution in [3.63, 3.8) is 0 Å². The van der Waals surface area contributed by atoms with Crippen LogP contribution >= 0.6 is 0 Å². The number of nitrogens with one attached hydrogen (secondary N) is 1. The summed E-state index contributed by atoms with van der Waals surface area (Å²) in [7, 11) is 1.50. The number of nitrogens with zero attached hydrogens (tertiary/aromatic N) is 3. The molecule has 0 atom stereocenters. The van der Waals surface area contributed by atoms with Crippen LogP contribution in [0.15, 0.2) is 30.6 Å². The summed E-state index contributed by atoms with van der Waals surface area (Å²) in [5.41, 5.74) is 6.46. The van der Waals surface area contributed by atoms with E-state index in [0.717, 1.165) is 0 Å². The smallest absolute Gasteiger partial charge is 0.258 e. The number of ether oxygens (including phenoxy) is 1. The van der Waals surface area contributed by atoms with Crippen molar-refractivity contribution in [2.24, 2.45) is 0 Å². The fraction of sp³-hybridized carbons (Fsp3) is 0.0909. The normalized spacial score (nSPS) is 9.83. The SMILES string of the molecule is COc1cc(N)cc(C(=O)Nc2nccnn2)c1.